The number of carboxylic acid groups (broad SMARTS) is 1. The number of aromatic amines is 1. The first kappa shape index (κ1) is 13.1. The summed E-state index contributed by atoms with van der Waals surface area (Å²) in [6.45, 7) is 4.76. The minimum Gasteiger partial charge on any atom is -0.477 e. The number of rotatable bonds is 5. The van der Waals surface area contributed by atoms with Gasteiger partial charge in [0.2, 0.25) is 5.95 Å². The van der Waals surface area contributed by atoms with E-state index in [4.69, 9.17) is 5.11 Å². The van der Waals surface area contributed by atoms with Crippen molar-refractivity contribution in [1.29, 1.82) is 0 Å². The molecular weight excluding hydrogens is 244 g/mol. The Kier molecular flexibility index (Phi) is 3.79. The molecule has 0 fully saturated rings. The lowest BCUT2D eigenvalue weighted by atomic mass is 10.1. The molecule has 3 N–H and O–H groups in total. The number of nitrogens with one attached hydrogen (secondary N) is 2. The zero-order chi connectivity index (χ0) is 13.8. The van der Waals surface area contributed by atoms with Gasteiger partial charge in [-0.05, 0) is 25.0 Å². The minimum atomic E-state index is -0.984. The summed E-state index contributed by atoms with van der Waals surface area (Å²) in [4.78, 5) is 22.2. The van der Waals surface area contributed by atoms with Gasteiger partial charge in [0.1, 0.15) is 5.69 Å². The summed E-state index contributed by atoms with van der Waals surface area (Å²) in [6, 6.07) is 1.57. The van der Waals surface area contributed by atoms with Crippen LogP contribution in [0, 0.1) is 6.92 Å². The molecule has 0 radical (unpaired) electrons. The smallest absolute Gasteiger partial charge is 0.352 e. The number of anilines is 1. The Morgan fingerprint density at radius 2 is 2.32 bits per heavy atom. The van der Waals surface area contributed by atoms with Crippen molar-refractivity contribution < 1.29 is 9.90 Å². The van der Waals surface area contributed by atoms with E-state index in [-0.39, 0.29) is 5.69 Å². The molecule has 0 bridgehead atoms. The van der Waals surface area contributed by atoms with Crippen LogP contribution in [0.5, 0.6) is 0 Å². The van der Waals surface area contributed by atoms with Crippen LogP contribution in [-0.4, -0.2) is 32.6 Å². The predicted octanol–water partition coefficient (Wildman–Crippen LogP) is 2.30. The van der Waals surface area contributed by atoms with E-state index in [1.165, 1.54) is 0 Å². The first-order valence-electron chi connectivity index (χ1n) is 6.11. The number of hydrogen-bond donors (Lipinski definition) is 3. The average Bonchev–Trinajstić information content (AvgIpc) is 2.87. The molecule has 0 amide bonds. The van der Waals surface area contributed by atoms with Crippen molar-refractivity contribution in [2.24, 2.45) is 0 Å². The summed E-state index contributed by atoms with van der Waals surface area (Å²) in [5, 5.41) is 12.0. The molecule has 100 valence electrons. The summed E-state index contributed by atoms with van der Waals surface area (Å²) in [6.07, 6.45) is 4.36. The third-order valence-corrected chi connectivity index (χ3v) is 2.69. The van der Waals surface area contributed by atoms with Gasteiger partial charge in [-0.1, -0.05) is 6.92 Å². The average molecular weight is 260 g/mol. The fourth-order valence-corrected chi connectivity index (χ4v) is 1.71. The Balaban J connectivity index is 2.33. The van der Waals surface area contributed by atoms with E-state index in [0.29, 0.717) is 5.95 Å². The molecule has 2 aromatic heterocycles. The SMILES string of the molecule is CCCNc1ncc(C)c(-c2c[nH]c(C(=O)O)c2)n1. The maximum atomic E-state index is 10.9. The second-order valence-corrected chi connectivity index (χ2v) is 4.26. The Morgan fingerprint density at radius 3 is 2.95 bits per heavy atom. The van der Waals surface area contributed by atoms with E-state index in [9.17, 15) is 4.79 Å². The van der Waals surface area contributed by atoms with Crippen LogP contribution >= 0.6 is 0 Å². The van der Waals surface area contributed by atoms with E-state index < -0.39 is 5.97 Å². The van der Waals surface area contributed by atoms with Crippen LogP contribution in [0.1, 0.15) is 29.4 Å². The van der Waals surface area contributed by atoms with Gasteiger partial charge < -0.3 is 15.4 Å². The molecule has 0 aliphatic heterocycles. The zero-order valence-electron chi connectivity index (χ0n) is 10.9. The van der Waals surface area contributed by atoms with E-state index >= 15 is 0 Å². The van der Waals surface area contributed by atoms with Gasteiger partial charge in [0.15, 0.2) is 0 Å². The number of carbonyl (C=O) groups is 1. The predicted molar refractivity (Wildman–Crippen MR) is 72.3 cm³/mol. The van der Waals surface area contributed by atoms with Crippen molar-refractivity contribution >= 4 is 11.9 Å². The van der Waals surface area contributed by atoms with Crippen LogP contribution in [0.2, 0.25) is 0 Å². The highest BCUT2D eigenvalue weighted by Crippen LogP contribution is 2.22. The highest BCUT2D eigenvalue weighted by Gasteiger charge is 2.11. The van der Waals surface area contributed by atoms with Gasteiger partial charge in [-0.3, -0.25) is 0 Å². The van der Waals surface area contributed by atoms with Crippen molar-refractivity contribution in [2.75, 3.05) is 11.9 Å². The number of hydrogen-bond acceptors (Lipinski definition) is 4. The molecular formula is C13H16N4O2. The van der Waals surface area contributed by atoms with E-state index in [1.54, 1.807) is 18.5 Å². The quantitative estimate of drug-likeness (QED) is 0.767. The molecule has 6 heteroatoms. The van der Waals surface area contributed by atoms with Crippen LogP contribution in [0.4, 0.5) is 5.95 Å². The van der Waals surface area contributed by atoms with Crippen molar-refractivity contribution in [2.45, 2.75) is 20.3 Å². The highest BCUT2D eigenvalue weighted by molar-refractivity contribution is 5.87. The van der Waals surface area contributed by atoms with Gasteiger partial charge in [-0.25, -0.2) is 14.8 Å². The molecule has 2 rings (SSSR count). The first-order chi connectivity index (χ1) is 9.11. The van der Waals surface area contributed by atoms with Crippen LogP contribution in [0.25, 0.3) is 11.3 Å². The van der Waals surface area contributed by atoms with Gasteiger partial charge in [0, 0.05) is 24.5 Å². The lowest BCUT2D eigenvalue weighted by Gasteiger charge is -2.06. The second kappa shape index (κ2) is 5.51. The number of aromatic carboxylic acids is 1. The van der Waals surface area contributed by atoms with Crippen molar-refractivity contribution in [3.8, 4) is 11.3 Å². The zero-order valence-corrected chi connectivity index (χ0v) is 10.9. The van der Waals surface area contributed by atoms with Gasteiger partial charge in [-0.2, -0.15) is 0 Å². The highest BCUT2D eigenvalue weighted by atomic mass is 16.4. The van der Waals surface area contributed by atoms with Crippen LogP contribution < -0.4 is 5.32 Å². The fourth-order valence-electron chi connectivity index (χ4n) is 1.71. The Hall–Kier alpha value is -2.37. The minimum absolute atomic E-state index is 0.149. The summed E-state index contributed by atoms with van der Waals surface area (Å²) in [5.74, 6) is -0.428. The number of carboxylic acids is 1. The molecule has 0 aliphatic carbocycles. The number of aromatic nitrogens is 3. The molecule has 0 unspecified atom stereocenters. The number of H-pyrrole nitrogens is 1. The molecule has 0 atom stereocenters. The van der Waals surface area contributed by atoms with E-state index in [0.717, 1.165) is 29.8 Å². The summed E-state index contributed by atoms with van der Waals surface area (Å²) < 4.78 is 0. The summed E-state index contributed by atoms with van der Waals surface area (Å²) >= 11 is 0. The van der Waals surface area contributed by atoms with Gasteiger partial charge in [0.05, 0.1) is 5.69 Å². The summed E-state index contributed by atoms with van der Waals surface area (Å²) in [5.41, 5.74) is 2.53. The van der Waals surface area contributed by atoms with E-state index in [2.05, 4.69) is 27.2 Å². The third kappa shape index (κ3) is 2.90. The van der Waals surface area contributed by atoms with Gasteiger partial charge in [0.25, 0.3) is 0 Å². The molecule has 6 nitrogen and oxygen atoms in total. The van der Waals surface area contributed by atoms with Gasteiger partial charge in [-0.15, -0.1) is 0 Å². The van der Waals surface area contributed by atoms with Crippen LogP contribution in [0.3, 0.4) is 0 Å². The lowest BCUT2D eigenvalue weighted by molar-refractivity contribution is 0.0691. The normalized spacial score (nSPS) is 10.4. The van der Waals surface area contributed by atoms with E-state index in [1.807, 2.05) is 6.92 Å². The maximum absolute atomic E-state index is 10.9. The summed E-state index contributed by atoms with van der Waals surface area (Å²) in [7, 11) is 0. The van der Waals surface area contributed by atoms with Crippen LogP contribution in [-0.2, 0) is 0 Å². The standard InChI is InChI=1S/C13H16N4O2/c1-3-4-14-13-16-6-8(2)11(17-13)9-5-10(12(18)19)15-7-9/h5-7,15H,3-4H2,1-2H3,(H,18,19)(H,14,16,17). The van der Waals surface area contributed by atoms with Crippen LogP contribution in [0.15, 0.2) is 18.5 Å². The molecule has 0 aliphatic rings. The first-order valence-corrected chi connectivity index (χ1v) is 6.11. The molecule has 19 heavy (non-hydrogen) atoms. The molecule has 2 aromatic rings. The maximum Gasteiger partial charge on any atom is 0.352 e. The van der Waals surface area contributed by atoms with Crippen molar-refractivity contribution in [3.05, 3.63) is 29.7 Å². The Labute approximate surface area is 110 Å². The molecule has 2 heterocycles. The fraction of sp³-hybridized carbons (Fsp3) is 0.308. The largest absolute Gasteiger partial charge is 0.477 e. The third-order valence-electron chi connectivity index (χ3n) is 2.69. The second-order valence-electron chi connectivity index (χ2n) is 4.26. The number of aryl methyl sites for hydroxylation is 1. The Morgan fingerprint density at radius 1 is 1.53 bits per heavy atom. The van der Waals surface area contributed by atoms with Gasteiger partial charge >= 0.3 is 5.97 Å². The Bertz CT molecular complexity index is 592. The molecule has 0 spiro atoms. The molecule has 0 saturated carbocycles. The number of nitrogens with zero attached hydrogens (tertiary/aromatic N) is 2. The monoisotopic (exact) mass is 260 g/mol. The van der Waals surface area contributed by atoms with Crippen molar-refractivity contribution in [1.82, 2.24) is 15.0 Å². The topological polar surface area (TPSA) is 90.9 Å². The molecule has 0 saturated heterocycles. The molecule has 0 aromatic carbocycles. The van der Waals surface area contributed by atoms with Crippen molar-refractivity contribution in [3.63, 3.8) is 0 Å². The lowest BCUT2D eigenvalue weighted by Crippen LogP contribution is -2.05.